The van der Waals surface area contributed by atoms with Gasteiger partial charge < -0.3 is 15.3 Å². The first-order chi connectivity index (χ1) is 9.62. The lowest BCUT2D eigenvalue weighted by molar-refractivity contribution is -0.385. The molecule has 1 atom stereocenters. The van der Waals surface area contributed by atoms with Crippen molar-refractivity contribution in [3.8, 4) is 0 Å². The minimum atomic E-state index is -2.84. The molecular formula is C13H19F2N3O3. The van der Waals surface area contributed by atoms with Crippen molar-refractivity contribution in [1.29, 1.82) is 0 Å². The maximum Gasteiger partial charge on any atom is 0.270 e. The molecule has 0 saturated carbocycles. The molecule has 118 valence electrons. The molecule has 0 heterocycles. The quantitative estimate of drug-likeness (QED) is 0.596. The summed E-state index contributed by atoms with van der Waals surface area (Å²) in [6.45, 7) is 1.97. The van der Waals surface area contributed by atoms with Crippen LogP contribution in [0.25, 0.3) is 0 Å². The van der Waals surface area contributed by atoms with E-state index in [1.54, 1.807) is 25.9 Å². The van der Waals surface area contributed by atoms with Gasteiger partial charge in [0.15, 0.2) is 0 Å². The van der Waals surface area contributed by atoms with Crippen LogP contribution in [0.2, 0.25) is 0 Å². The zero-order valence-corrected chi connectivity index (χ0v) is 12.1. The van der Waals surface area contributed by atoms with Crippen LogP contribution in [-0.2, 0) is 0 Å². The van der Waals surface area contributed by atoms with E-state index in [4.69, 9.17) is 0 Å². The van der Waals surface area contributed by atoms with Crippen LogP contribution in [0.15, 0.2) is 18.2 Å². The van der Waals surface area contributed by atoms with Crippen LogP contribution in [0, 0.1) is 10.1 Å². The topological polar surface area (TPSA) is 78.6 Å². The number of rotatable bonds is 7. The van der Waals surface area contributed by atoms with Gasteiger partial charge in [-0.3, -0.25) is 10.1 Å². The average Bonchev–Trinajstić information content (AvgIpc) is 2.34. The Balaban J connectivity index is 2.90. The van der Waals surface area contributed by atoms with E-state index in [0.717, 1.165) is 12.1 Å². The molecule has 0 aliphatic rings. The third-order valence-electron chi connectivity index (χ3n) is 2.80. The van der Waals surface area contributed by atoms with E-state index in [2.05, 4.69) is 5.32 Å². The molecule has 0 aromatic heterocycles. The smallest absolute Gasteiger partial charge is 0.270 e. The standard InChI is InChI=1S/C13H19F2N3O3/c1-13(19,8-17(2)3)7-16-11-5-4-9(18(20)21)6-10(11)12(14)15/h4-6,12,16,19H,7-8H2,1-3H3. The Labute approximate surface area is 121 Å². The minimum absolute atomic E-state index is 0.0444. The number of nitro groups is 1. The van der Waals surface area contributed by atoms with Gasteiger partial charge in [0.05, 0.1) is 10.5 Å². The molecular weight excluding hydrogens is 284 g/mol. The van der Waals surface area contributed by atoms with E-state index in [1.165, 1.54) is 6.07 Å². The number of aliphatic hydroxyl groups is 1. The Bertz CT molecular complexity index is 507. The lowest BCUT2D eigenvalue weighted by atomic mass is 10.1. The van der Waals surface area contributed by atoms with Gasteiger partial charge in [-0.05, 0) is 27.1 Å². The summed E-state index contributed by atoms with van der Waals surface area (Å²) in [5.74, 6) is 0. The normalized spacial score (nSPS) is 14.3. The summed E-state index contributed by atoms with van der Waals surface area (Å²) in [6, 6.07) is 3.22. The van der Waals surface area contributed by atoms with Gasteiger partial charge in [0.25, 0.3) is 12.1 Å². The van der Waals surface area contributed by atoms with E-state index < -0.39 is 28.2 Å². The number of hydrogen-bond acceptors (Lipinski definition) is 5. The molecule has 6 nitrogen and oxygen atoms in total. The number of benzene rings is 1. The third-order valence-corrected chi connectivity index (χ3v) is 2.80. The zero-order valence-electron chi connectivity index (χ0n) is 12.1. The molecule has 1 aromatic carbocycles. The van der Waals surface area contributed by atoms with Crippen LogP contribution in [0.1, 0.15) is 18.9 Å². The molecule has 0 aliphatic carbocycles. The van der Waals surface area contributed by atoms with Crippen molar-refractivity contribution < 1.29 is 18.8 Å². The summed E-state index contributed by atoms with van der Waals surface area (Å²) in [4.78, 5) is 11.7. The number of non-ortho nitro benzene ring substituents is 1. The predicted molar refractivity (Wildman–Crippen MR) is 75.7 cm³/mol. The van der Waals surface area contributed by atoms with Crippen LogP contribution in [0.4, 0.5) is 20.2 Å². The minimum Gasteiger partial charge on any atom is -0.387 e. The fraction of sp³-hybridized carbons (Fsp3) is 0.538. The largest absolute Gasteiger partial charge is 0.387 e. The van der Waals surface area contributed by atoms with Crippen LogP contribution < -0.4 is 5.32 Å². The average molecular weight is 303 g/mol. The predicted octanol–water partition coefficient (Wildman–Crippen LogP) is 2.26. The van der Waals surface area contributed by atoms with Crippen molar-refractivity contribution in [3.63, 3.8) is 0 Å². The van der Waals surface area contributed by atoms with Gasteiger partial charge >= 0.3 is 0 Å². The van der Waals surface area contributed by atoms with Crippen LogP contribution in [0.5, 0.6) is 0 Å². The summed E-state index contributed by atoms with van der Waals surface area (Å²) >= 11 is 0. The van der Waals surface area contributed by atoms with Crippen molar-refractivity contribution in [2.45, 2.75) is 19.0 Å². The number of halogens is 2. The maximum atomic E-state index is 13.0. The second-order valence-electron chi connectivity index (χ2n) is 5.42. The number of likely N-dealkylation sites (N-methyl/N-ethyl adjacent to an activating group) is 1. The molecule has 2 N–H and O–H groups in total. The van der Waals surface area contributed by atoms with Crippen molar-refractivity contribution in [3.05, 3.63) is 33.9 Å². The van der Waals surface area contributed by atoms with Gasteiger partial charge in [-0.25, -0.2) is 8.78 Å². The Morgan fingerprint density at radius 2 is 2.10 bits per heavy atom. The lowest BCUT2D eigenvalue weighted by Crippen LogP contribution is -2.43. The summed E-state index contributed by atoms with van der Waals surface area (Å²) in [5, 5.41) is 23.5. The molecule has 8 heteroatoms. The lowest BCUT2D eigenvalue weighted by Gasteiger charge is -2.28. The van der Waals surface area contributed by atoms with Crippen molar-refractivity contribution in [2.24, 2.45) is 0 Å². The van der Waals surface area contributed by atoms with Crippen molar-refractivity contribution in [1.82, 2.24) is 4.90 Å². The summed E-state index contributed by atoms with van der Waals surface area (Å²) in [5.41, 5.74) is -1.89. The molecule has 0 saturated heterocycles. The highest BCUT2D eigenvalue weighted by molar-refractivity contribution is 5.56. The first kappa shape index (κ1) is 17.3. The molecule has 1 aromatic rings. The van der Waals surface area contributed by atoms with Gasteiger partial charge in [0, 0.05) is 36.5 Å². The summed E-state index contributed by atoms with van der Waals surface area (Å²) < 4.78 is 25.9. The number of hydrogen-bond donors (Lipinski definition) is 2. The van der Waals surface area contributed by atoms with Gasteiger partial charge in [0.2, 0.25) is 0 Å². The third kappa shape index (κ3) is 5.24. The highest BCUT2D eigenvalue weighted by atomic mass is 19.3. The Morgan fingerprint density at radius 3 is 2.57 bits per heavy atom. The van der Waals surface area contributed by atoms with Crippen LogP contribution >= 0.6 is 0 Å². The number of alkyl halides is 2. The first-order valence-electron chi connectivity index (χ1n) is 6.30. The fourth-order valence-corrected chi connectivity index (χ4v) is 2.03. The van der Waals surface area contributed by atoms with Crippen LogP contribution in [-0.4, -0.2) is 47.7 Å². The van der Waals surface area contributed by atoms with E-state index in [9.17, 15) is 24.0 Å². The summed E-state index contributed by atoms with van der Waals surface area (Å²) in [6.07, 6.45) is -2.84. The van der Waals surface area contributed by atoms with E-state index in [0.29, 0.717) is 6.54 Å². The number of nitrogens with zero attached hydrogens (tertiary/aromatic N) is 2. The molecule has 0 fully saturated rings. The van der Waals surface area contributed by atoms with E-state index in [-0.39, 0.29) is 12.2 Å². The Morgan fingerprint density at radius 1 is 1.48 bits per heavy atom. The maximum absolute atomic E-state index is 13.0. The molecule has 0 amide bonds. The second-order valence-corrected chi connectivity index (χ2v) is 5.42. The molecule has 21 heavy (non-hydrogen) atoms. The first-order valence-corrected chi connectivity index (χ1v) is 6.30. The van der Waals surface area contributed by atoms with E-state index in [1.807, 2.05) is 0 Å². The number of nitro benzene ring substituents is 1. The molecule has 1 rings (SSSR count). The SMILES string of the molecule is CN(C)CC(C)(O)CNc1ccc([N+](=O)[O-])cc1C(F)F. The van der Waals surface area contributed by atoms with Gasteiger partial charge in [-0.1, -0.05) is 0 Å². The van der Waals surface area contributed by atoms with Gasteiger partial charge in [-0.2, -0.15) is 0 Å². The number of nitrogens with one attached hydrogen (secondary N) is 1. The highest BCUT2D eigenvalue weighted by Crippen LogP contribution is 2.30. The molecule has 0 radical (unpaired) electrons. The summed E-state index contributed by atoms with van der Waals surface area (Å²) in [7, 11) is 3.57. The highest BCUT2D eigenvalue weighted by Gasteiger charge is 2.23. The molecule has 0 aliphatic heterocycles. The van der Waals surface area contributed by atoms with E-state index >= 15 is 0 Å². The van der Waals surface area contributed by atoms with Crippen molar-refractivity contribution >= 4 is 11.4 Å². The molecule has 0 bridgehead atoms. The zero-order chi connectivity index (χ0) is 16.2. The Kier molecular flexibility index (Phi) is 5.56. The number of anilines is 1. The van der Waals surface area contributed by atoms with Crippen molar-refractivity contribution in [2.75, 3.05) is 32.5 Å². The second kappa shape index (κ2) is 6.77. The fourth-order valence-electron chi connectivity index (χ4n) is 2.03. The molecule has 1 unspecified atom stereocenters. The Hall–Kier alpha value is -1.80. The molecule has 0 spiro atoms. The van der Waals surface area contributed by atoms with Crippen LogP contribution in [0.3, 0.4) is 0 Å². The monoisotopic (exact) mass is 303 g/mol. The van der Waals surface area contributed by atoms with Gasteiger partial charge in [0.1, 0.15) is 0 Å². The van der Waals surface area contributed by atoms with Gasteiger partial charge in [-0.15, -0.1) is 0 Å².